The Labute approximate surface area is 120 Å². The van der Waals surface area contributed by atoms with Crippen molar-refractivity contribution in [3.63, 3.8) is 0 Å². The highest BCUT2D eigenvalue weighted by Gasteiger charge is 2.22. The summed E-state index contributed by atoms with van der Waals surface area (Å²) in [4.78, 5) is 13.9. The maximum atomic E-state index is 12.0. The molecule has 1 aliphatic rings. The lowest BCUT2D eigenvalue weighted by molar-refractivity contribution is -0.122. The molecule has 1 heterocycles. The first-order chi connectivity index (χ1) is 9.76. The number of ether oxygens (including phenoxy) is 1. The minimum atomic E-state index is 0.0457. The normalized spacial score (nSPS) is 14.2. The third-order valence-corrected chi connectivity index (χ3v) is 3.75. The third-order valence-electron chi connectivity index (χ3n) is 3.75. The van der Waals surface area contributed by atoms with E-state index in [-0.39, 0.29) is 12.5 Å². The molecule has 110 valence electrons. The van der Waals surface area contributed by atoms with Gasteiger partial charge in [-0.1, -0.05) is 12.1 Å². The molecule has 0 unspecified atom stereocenters. The molecule has 2 rings (SSSR count). The van der Waals surface area contributed by atoms with Crippen molar-refractivity contribution in [2.24, 2.45) is 5.73 Å². The number of methoxy groups -OCH3 is 1. The molecule has 0 saturated carbocycles. The standard InChI is InChI=1S/C16H24N2O2/c1-20-12-16(19)18-10-4-6-14-11-13(5-2-3-9-17)7-8-15(14)18/h7-8,11H,2-6,9-10,12,17H2,1H3. The highest BCUT2D eigenvalue weighted by molar-refractivity contribution is 5.95. The fourth-order valence-corrected chi connectivity index (χ4v) is 2.74. The number of aryl methyl sites for hydroxylation is 2. The first-order valence-corrected chi connectivity index (χ1v) is 7.37. The third kappa shape index (κ3) is 3.58. The molecular weight excluding hydrogens is 252 g/mol. The lowest BCUT2D eigenvalue weighted by atomic mass is 9.97. The molecule has 1 amide bonds. The van der Waals surface area contributed by atoms with E-state index < -0.39 is 0 Å². The van der Waals surface area contributed by atoms with Gasteiger partial charge in [0, 0.05) is 19.3 Å². The van der Waals surface area contributed by atoms with Crippen molar-refractivity contribution in [2.75, 3.05) is 31.7 Å². The minimum absolute atomic E-state index is 0.0457. The van der Waals surface area contributed by atoms with Crippen molar-refractivity contribution in [3.8, 4) is 0 Å². The average molecular weight is 276 g/mol. The number of hydrogen-bond acceptors (Lipinski definition) is 3. The Morgan fingerprint density at radius 3 is 3.00 bits per heavy atom. The molecule has 20 heavy (non-hydrogen) atoms. The van der Waals surface area contributed by atoms with Gasteiger partial charge < -0.3 is 15.4 Å². The Kier molecular flexibility index (Phi) is 5.56. The molecule has 0 saturated heterocycles. The Bertz CT molecular complexity index is 460. The number of benzene rings is 1. The summed E-state index contributed by atoms with van der Waals surface area (Å²) in [6.07, 6.45) is 5.33. The topological polar surface area (TPSA) is 55.6 Å². The highest BCUT2D eigenvalue weighted by Crippen LogP contribution is 2.28. The van der Waals surface area contributed by atoms with Gasteiger partial charge in [0.05, 0.1) is 0 Å². The smallest absolute Gasteiger partial charge is 0.252 e. The van der Waals surface area contributed by atoms with Crippen LogP contribution in [0, 0.1) is 0 Å². The van der Waals surface area contributed by atoms with E-state index in [0.29, 0.717) is 0 Å². The van der Waals surface area contributed by atoms with E-state index in [4.69, 9.17) is 10.5 Å². The quantitative estimate of drug-likeness (QED) is 0.807. The van der Waals surface area contributed by atoms with Crippen molar-refractivity contribution in [3.05, 3.63) is 29.3 Å². The van der Waals surface area contributed by atoms with Gasteiger partial charge in [0.1, 0.15) is 6.61 Å². The van der Waals surface area contributed by atoms with E-state index in [2.05, 4.69) is 18.2 Å². The van der Waals surface area contributed by atoms with Crippen LogP contribution in [0.3, 0.4) is 0 Å². The van der Waals surface area contributed by atoms with Crippen LogP contribution in [0.25, 0.3) is 0 Å². The van der Waals surface area contributed by atoms with Gasteiger partial charge >= 0.3 is 0 Å². The molecule has 0 atom stereocenters. The van der Waals surface area contributed by atoms with Gasteiger partial charge in [-0.25, -0.2) is 0 Å². The Balaban J connectivity index is 2.11. The van der Waals surface area contributed by atoms with Crippen LogP contribution in [0.2, 0.25) is 0 Å². The molecule has 2 N–H and O–H groups in total. The van der Waals surface area contributed by atoms with Crippen LogP contribution < -0.4 is 10.6 Å². The maximum absolute atomic E-state index is 12.0. The van der Waals surface area contributed by atoms with Crippen molar-refractivity contribution in [2.45, 2.75) is 32.1 Å². The van der Waals surface area contributed by atoms with Gasteiger partial charge in [-0.15, -0.1) is 0 Å². The number of rotatable bonds is 6. The number of hydrogen-bond donors (Lipinski definition) is 1. The lowest BCUT2D eigenvalue weighted by Gasteiger charge is -2.29. The first-order valence-electron chi connectivity index (χ1n) is 7.37. The van der Waals surface area contributed by atoms with Crippen LogP contribution in [-0.4, -0.2) is 32.7 Å². The lowest BCUT2D eigenvalue weighted by Crippen LogP contribution is -2.37. The molecule has 0 radical (unpaired) electrons. The second-order valence-electron chi connectivity index (χ2n) is 5.29. The van der Waals surface area contributed by atoms with Crippen molar-refractivity contribution >= 4 is 11.6 Å². The number of nitrogens with zero attached hydrogens (tertiary/aromatic N) is 1. The number of unbranched alkanes of at least 4 members (excludes halogenated alkanes) is 1. The van der Waals surface area contributed by atoms with Crippen LogP contribution >= 0.6 is 0 Å². The van der Waals surface area contributed by atoms with Crippen molar-refractivity contribution in [1.29, 1.82) is 0 Å². The molecule has 0 bridgehead atoms. The zero-order chi connectivity index (χ0) is 14.4. The average Bonchev–Trinajstić information content (AvgIpc) is 2.47. The van der Waals surface area contributed by atoms with E-state index in [1.165, 1.54) is 11.1 Å². The van der Waals surface area contributed by atoms with Crippen molar-refractivity contribution in [1.82, 2.24) is 0 Å². The van der Waals surface area contributed by atoms with E-state index in [1.807, 2.05) is 4.90 Å². The fourth-order valence-electron chi connectivity index (χ4n) is 2.74. The van der Waals surface area contributed by atoms with Gasteiger partial charge in [-0.2, -0.15) is 0 Å². The number of nitrogens with two attached hydrogens (primary N) is 1. The van der Waals surface area contributed by atoms with E-state index >= 15 is 0 Å². The van der Waals surface area contributed by atoms with Crippen molar-refractivity contribution < 1.29 is 9.53 Å². The summed E-state index contributed by atoms with van der Waals surface area (Å²) >= 11 is 0. The largest absolute Gasteiger partial charge is 0.375 e. The molecule has 0 aliphatic carbocycles. The van der Waals surface area contributed by atoms with E-state index in [0.717, 1.165) is 50.9 Å². The van der Waals surface area contributed by atoms with Crippen LogP contribution in [0.4, 0.5) is 5.69 Å². The summed E-state index contributed by atoms with van der Waals surface area (Å²) in [6.45, 7) is 1.70. The monoisotopic (exact) mass is 276 g/mol. The summed E-state index contributed by atoms with van der Waals surface area (Å²) in [7, 11) is 1.56. The molecule has 1 aliphatic heterocycles. The number of carbonyl (C=O) groups is 1. The molecule has 1 aromatic rings. The Hall–Kier alpha value is -1.39. The second kappa shape index (κ2) is 7.41. The zero-order valence-corrected chi connectivity index (χ0v) is 12.2. The molecular formula is C16H24N2O2. The predicted molar refractivity (Wildman–Crippen MR) is 81.0 cm³/mol. The van der Waals surface area contributed by atoms with Gasteiger partial charge in [-0.3, -0.25) is 4.79 Å². The molecule has 4 nitrogen and oxygen atoms in total. The minimum Gasteiger partial charge on any atom is -0.375 e. The van der Waals surface area contributed by atoms with E-state index in [1.54, 1.807) is 7.11 Å². The zero-order valence-electron chi connectivity index (χ0n) is 12.2. The maximum Gasteiger partial charge on any atom is 0.252 e. The Morgan fingerprint density at radius 1 is 1.40 bits per heavy atom. The molecule has 1 aromatic carbocycles. The first kappa shape index (κ1) is 15.0. The molecule has 0 fully saturated rings. The second-order valence-corrected chi connectivity index (χ2v) is 5.29. The van der Waals surface area contributed by atoms with Gasteiger partial charge in [-0.05, 0) is 55.8 Å². The van der Waals surface area contributed by atoms with Crippen LogP contribution in [0.1, 0.15) is 30.4 Å². The van der Waals surface area contributed by atoms with Crippen LogP contribution in [0.15, 0.2) is 18.2 Å². The van der Waals surface area contributed by atoms with E-state index in [9.17, 15) is 4.79 Å². The summed E-state index contributed by atoms with van der Waals surface area (Å²) in [5.41, 5.74) is 9.21. The van der Waals surface area contributed by atoms with Gasteiger partial charge in [0.2, 0.25) is 0 Å². The molecule has 0 aromatic heterocycles. The van der Waals surface area contributed by atoms with Gasteiger partial charge in [0.25, 0.3) is 5.91 Å². The number of amides is 1. The number of fused-ring (bicyclic) bond motifs is 1. The predicted octanol–water partition coefficient (Wildman–Crippen LogP) is 1.89. The summed E-state index contributed by atoms with van der Waals surface area (Å²) in [5, 5.41) is 0. The molecule has 0 spiro atoms. The van der Waals surface area contributed by atoms with Crippen LogP contribution in [-0.2, 0) is 22.4 Å². The summed E-state index contributed by atoms with van der Waals surface area (Å²) < 4.78 is 4.96. The van der Waals surface area contributed by atoms with Gasteiger partial charge in [0.15, 0.2) is 0 Å². The number of anilines is 1. The highest BCUT2D eigenvalue weighted by atomic mass is 16.5. The SMILES string of the molecule is COCC(=O)N1CCCc2cc(CCCCN)ccc21. The summed E-state index contributed by atoms with van der Waals surface area (Å²) in [5.74, 6) is 0.0457. The Morgan fingerprint density at radius 2 is 2.25 bits per heavy atom. The molecule has 4 heteroatoms. The van der Waals surface area contributed by atoms with Crippen LogP contribution in [0.5, 0.6) is 0 Å². The number of carbonyl (C=O) groups excluding carboxylic acids is 1. The summed E-state index contributed by atoms with van der Waals surface area (Å²) in [6, 6.07) is 6.46. The fraction of sp³-hybridized carbons (Fsp3) is 0.562.